The molecule has 1 atom stereocenters. The van der Waals surface area contributed by atoms with Gasteiger partial charge in [-0.25, -0.2) is 13.2 Å². The summed E-state index contributed by atoms with van der Waals surface area (Å²) >= 11 is 3.10. The zero-order chi connectivity index (χ0) is 14.9. The summed E-state index contributed by atoms with van der Waals surface area (Å²) in [7, 11) is -3.71. The predicted molar refractivity (Wildman–Crippen MR) is 75.3 cm³/mol. The molecule has 1 fully saturated rings. The van der Waals surface area contributed by atoms with Crippen molar-refractivity contribution in [3.63, 3.8) is 0 Å². The molecule has 1 aliphatic heterocycles. The van der Waals surface area contributed by atoms with Gasteiger partial charge in [-0.1, -0.05) is 0 Å². The Morgan fingerprint density at radius 1 is 1.50 bits per heavy atom. The van der Waals surface area contributed by atoms with Crippen molar-refractivity contribution < 1.29 is 23.1 Å². The number of rotatable bonds is 3. The maximum absolute atomic E-state index is 12.5. The van der Waals surface area contributed by atoms with Crippen LogP contribution in [0.15, 0.2) is 27.6 Å². The van der Waals surface area contributed by atoms with Gasteiger partial charge in [0, 0.05) is 17.1 Å². The number of aromatic carboxylic acids is 1. The van der Waals surface area contributed by atoms with Gasteiger partial charge in [0.15, 0.2) is 0 Å². The Morgan fingerprint density at radius 3 is 2.80 bits per heavy atom. The lowest BCUT2D eigenvalue weighted by Gasteiger charge is -2.32. The van der Waals surface area contributed by atoms with Gasteiger partial charge in [-0.15, -0.1) is 0 Å². The first-order valence-corrected chi connectivity index (χ1v) is 8.20. The number of benzene rings is 1. The zero-order valence-electron chi connectivity index (χ0n) is 10.7. The quantitative estimate of drug-likeness (QED) is 0.880. The molecule has 0 radical (unpaired) electrons. The molecule has 0 bridgehead atoms. The maximum Gasteiger partial charge on any atom is 0.336 e. The van der Waals surface area contributed by atoms with Gasteiger partial charge in [-0.2, -0.15) is 4.31 Å². The Labute approximate surface area is 125 Å². The van der Waals surface area contributed by atoms with E-state index in [9.17, 15) is 13.2 Å². The molecule has 1 aromatic carbocycles. The minimum Gasteiger partial charge on any atom is -0.478 e. The SMILES string of the molecule is CC1COCCN1S(=O)(=O)c1ccc(Br)c(C(=O)O)c1. The van der Waals surface area contributed by atoms with E-state index >= 15 is 0 Å². The molecule has 0 spiro atoms. The molecular weight excluding hydrogens is 350 g/mol. The van der Waals surface area contributed by atoms with Crippen LogP contribution in [-0.2, 0) is 14.8 Å². The van der Waals surface area contributed by atoms with E-state index in [1.165, 1.54) is 22.5 Å². The van der Waals surface area contributed by atoms with E-state index in [4.69, 9.17) is 9.84 Å². The highest BCUT2D eigenvalue weighted by Gasteiger charge is 2.32. The molecule has 20 heavy (non-hydrogen) atoms. The molecule has 0 aromatic heterocycles. The first-order chi connectivity index (χ1) is 9.34. The molecule has 8 heteroatoms. The Morgan fingerprint density at radius 2 is 2.20 bits per heavy atom. The van der Waals surface area contributed by atoms with Gasteiger partial charge in [0.05, 0.1) is 23.7 Å². The van der Waals surface area contributed by atoms with Gasteiger partial charge >= 0.3 is 5.97 Å². The predicted octanol–water partition coefficient (Wildman–Crippen LogP) is 1.56. The molecular formula is C12H14BrNO5S. The molecule has 1 N–H and O–H groups in total. The summed E-state index contributed by atoms with van der Waals surface area (Å²) < 4.78 is 32.0. The second-order valence-corrected chi connectivity index (χ2v) is 7.23. The molecule has 1 heterocycles. The lowest BCUT2D eigenvalue weighted by atomic mass is 10.2. The van der Waals surface area contributed by atoms with Gasteiger partial charge in [-0.05, 0) is 41.1 Å². The van der Waals surface area contributed by atoms with Crippen LogP contribution >= 0.6 is 15.9 Å². The Balaban J connectivity index is 2.44. The van der Waals surface area contributed by atoms with E-state index in [1.54, 1.807) is 6.92 Å². The third kappa shape index (κ3) is 2.88. The molecule has 1 aromatic rings. The highest BCUT2D eigenvalue weighted by atomic mass is 79.9. The molecule has 2 rings (SSSR count). The van der Waals surface area contributed by atoms with Crippen LogP contribution in [0.5, 0.6) is 0 Å². The van der Waals surface area contributed by atoms with Crippen molar-refractivity contribution in [2.45, 2.75) is 17.9 Å². The summed E-state index contributed by atoms with van der Waals surface area (Å²) in [4.78, 5) is 11.1. The van der Waals surface area contributed by atoms with E-state index in [0.717, 1.165) is 0 Å². The van der Waals surface area contributed by atoms with E-state index in [0.29, 0.717) is 17.7 Å². The van der Waals surface area contributed by atoms with Crippen LogP contribution < -0.4 is 0 Å². The summed E-state index contributed by atoms with van der Waals surface area (Å²) in [5.74, 6) is -1.18. The number of carbonyl (C=O) groups is 1. The fourth-order valence-electron chi connectivity index (χ4n) is 2.03. The van der Waals surface area contributed by atoms with E-state index in [2.05, 4.69) is 15.9 Å². The van der Waals surface area contributed by atoms with E-state index in [-0.39, 0.29) is 23.0 Å². The molecule has 0 saturated carbocycles. The Kier molecular flexibility index (Phi) is 4.48. The molecule has 1 unspecified atom stereocenters. The lowest BCUT2D eigenvalue weighted by molar-refractivity contribution is 0.0392. The summed E-state index contributed by atoms with van der Waals surface area (Å²) in [6.45, 7) is 2.70. The lowest BCUT2D eigenvalue weighted by Crippen LogP contribution is -2.46. The average Bonchev–Trinajstić information content (AvgIpc) is 2.38. The van der Waals surface area contributed by atoms with E-state index < -0.39 is 16.0 Å². The van der Waals surface area contributed by atoms with Crippen LogP contribution in [0.4, 0.5) is 0 Å². The van der Waals surface area contributed by atoms with Crippen molar-refractivity contribution in [3.8, 4) is 0 Å². The van der Waals surface area contributed by atoms with Crippen molar-refractivity contribution in [2.24, 2.45) is 0 Å². The first kappa shape index (κ1) is 15.4. The maximum atomic E-state index is 12.5. The van der Waals surface area contributed by atoms with Crippen LogP contribution in [0.3, 0.4) is 0 Å². The number of halogens is 1. The summed E-state index contributed by atoms with van der Waals surface area (Å²) in [6.07, 6.45) is 0. The standard InChI is InChI=1S/C12H14BrNO5S/c1-8-7-19-5-4-14(8)20(17,18)9-2-3-11(13)10(6-9)12(15)16/h2-3,6,8H,4-5,7H2,1H3,(H,15,16). The van der Waals surface area contributed by atoms with Crippen LogP contribution in [0, 0.1) is 0 Å². The largest absolute Gasteiger partial charge is 0.478 e. The van der Waals surface area contributed by atoms with Crippen LogP contribution in [0.1, 0.15) is 17.3 Å². The van der Waals surface area contributed by atoms with Gasteiger partial charge < -0.3 is 9.84 Å². The minimum absolute atomic E-state index is 0.0214. The number of carboxylic acids is 1. The van der Waals surface area contributed by atoms with E-state index in [1.807, 2.05) is 0 Å². The van der Waals surface area contributed by atoms with Crippen molar-refractivity contribution in [3.05, 3.63) is 28.2 Å². The first-order valence-electron chi connectivity index (χ1n) is 5.96. The Bertz CT molecular complexity index is 631. The number of nitrogens with zero attached hydrogens (tertiary/aromatic N) is 1. The fourth-order valence-corrected chi connectivity index (χ4v) is 4.08. The molecule has 0 aliphatic carbocycles. The summed E-state index contributed by atoms with van der Waals surface area (Å²) in [5.41, 5.74) is -0.0769. The monoisotopic (exact) mass is 363 g/mol. The molecule has 1 saturated heterocycles. The number of morpholine rings is 1. The van der Waals surface area contributed by atoms with Crippen molar-refractivity contribution in [1.29, 1.82) is 0 Å². The number of hydrogen-bond acceptors (Lipinski definition) is 4. The van der Waals surface area contributed by atoms with Crippen molar-refractivity contribution >= 4 is 31.9 Å². The van der Waals surface area contributed by atoms with Crippen molar-refractivity contribution in [1.82, 2.24) is 4.31 Å². The average molecular weight is 364 g/mol. The number of ether oxygens (including phenoxy) is 1. The Hall–Kier alpha value is -0.960. The number of carboxylic acid groups (broad SMARTS) is 1. The molecule has 1 aliphatic rings. The minimum atomic E-state index is -3.71. The second-order valence-electron chi connectivity index (χ2n) is 4.49. The topological polar surface area (TPSA) is 83.9 Å². The van der Waals surface area contributed by atoms with Gasteiger partial charge in [0.25, 0.3) is 0 Å². The number of hydrogen-bond donors (Lipinski definition) is 1. The smallest absolute Gasteiger partial charge is 0.336 e. The summed E-state index contributed by atoms with van der Waals surface area (Å²) in [6, 6.07) is 3.73. The van der Waals surface area contributed by atoms with Gasteiger partial charge in [-0.3, -0.25) is 0 Å². The van der Waals surface area contributed by atoms with Crippen LogP contribution in [0.2, 0.25) is 0 Å². The molecule has 0 amide bonds. The third-order valence-corrected chi connectivity index (χ3v) is 5.78. The van der Waals surface area contributed by atoms with Gasteiger partial charge in [0.1, 0.15) is 0 Å². The highest BCUT2D eigenvalue weighted by Crippen LogP contribution is 2.25. The second kappa shape index (κ2) is 5.80. The highest BCUT2D eigenvalue weighted by molar-refractivity contribution is 9.10. The summed E-state index contributed by atoms with van der Waals surface area (Å²) in [5, 5.41) is 9.06. The van der Waals surface area contributed by atoms with Crippen molar-refractivity contribution in [2.75, 3.05) is 19.8 Å². The third-order valence-electron chi connectivity index (χ3n) is 3.08. The normalized spacial score (nSPS) is 20.8. The zero-order valence-corrected chi connectivity index (χ0v) is 13.1. The van der Waals surface area contributed by atoms with Crippen LogP contribution in [-0.4, -0.2) is 49.6 Å². The molecule has 6 nitrogen and oxygen atoms in total. The van der Waals surface area contributed by atoms with Gasteiger partial charge in [0.2, 0.25) is 10.0 Å². The fraction of sp³-hybridized carbons (Fsp3) is 0.417. The molecule has 110 valence electrons. The van der Waals surface area contributed by atoms with Crippen LogP contribution in [0.25, 0.3) is 0 Å². The number of sulfonamides is 1.